The van der Waals surface area contributed by atoms with Crippen molar-refractivity contribution in [3.8, 4) is 17.1 Å². The number of rotatable bonds is 6. The number of amides is 1. The van der Waals surface area contributed by atoms with Gasteiger partial charge >= 0.3 is 0 Å². The fourth-order valence-electron chi connectivity index (χ4n) is 3.88. The maximum atomic E-state index is 12.8. The Morgan fingerprint density at radius 1 is 1.12 bits per heavy atom. The summed E-state index contributed by atoms with van der Waals surface area (Å²) >= 11 is 6.00. The molecule has 5 nitrogen and oxygen atoms in total. The smallest absolute Gasteiger partial charge is 0.223 e. The molecule has 4 rings (SSSR count). The van der Waals surface area contributed by atoms with E-state index < -0.39 is 0 Å². The summed E-state index contributed by atoms with van der Waals surface area (Å²) < 4.78 is 11.4. The van der Waals surface area contributed by atoms with Gasteiger partial charge in [-0.25, -0.2) is 0 Å². The molecule has 1 aliphatic heterocycles. The summed E-state index contributed by atoms with van der Waals surface area (Å²) in [5, 5.41) is 4.89. The van der Waals surface area contributed by atoms with Crippen molar-refractivity contribution >= 4 is 17.5 Å². The van der Waals surface area contributed by atoms with Crippen molar-refractivity contribution in [2.24, 2.45) is 0 Å². The lowest BCUT2D eigenvalue weighted by molar-refractivity contribution is -0.132. The number of ether oxygens (including phenoxy) is 1. The lowest BCUT2D eigenvalue weighted by atomic mass is 9.87. The second-order valence-electron chi connectivity index (χ2n) is 9.24. The monoisotopic (exact) mass is 452 g/mol. The van der Waals surface area contributed by atoms with Crippen molar-refractivity contribution in [2.75, 3.05) is 13.2 Å². The maximum Gasteiger partial charge on any atom is 0.223 e. The highest BCUT2D eigenvalue weighted by Crippen LogP contribution is 2.31. The molecular formula is C26H29ClN2O3. The van der Waals surface area contributed by atoms with Crippen LogP contribution in [0.15, 0.2) is 53.1 Å². The minimum atomic E-state index is 0.122. The Kier molecular flexibility index (Phi) is 6.56. The lowest BCUT2D eigenvalue weighted by Crippen LogP contribution is -2.36. The van der Waals surface area contributed by atoms with E-state index in [2.05, 4.69) is 38.1 Å². The van der Waals surface area contributed by atoms with E-state index in [1.54, 1.807) is 0 Å². The van der Waals surface area contributed by atoms with Crippen LogP contribution >= 0.6 is 11.6 Å². The third kappa shape index (κ3) is 5.16. The van der Waals surface area contributed by atoms with Gasteiger partial charge in [0.25, 0.3) is 0 Å². The van der Waals surface area contributed by atoms with E-state index >= 15 is 0 Å². The van der Waals surface area contributed by atoms with Crippen LogP contribution in [0.2, 0.25) is 5.02 Å². The Bertz CT molecular complexity index is 1070. The van der Waals surface area contributed by atoms with E-state index in [0.29, 0.717) is 44.0 Å². The molecule has 0 saturated carbocycles. The van der Waals surface area contributed by atoms with Crippen molar-refractivity contribution < 1.29 is 14.1 Å². The van der Waals surface area contributed by atoms with Gasteiger partial charge in [0, 0.05) is 35.5 Å². The van der Waals surface area contributed by atoms with Crippen LogP contribution in [0.1, 0.15) is 50.4 Å². The number of aromatic nitrogens is 1. The van der Waals surface area contributed by atoms with E-state index in [4.69, 9.17) is 20.9 Å². The van der Waals surface area contributed by atoms with Crippen LogP contribution in [0.25, 0.3) is 11.3 Å². The Balaban J connectivity index is 1.29. The highest BCUT2D eigenvalue weighted by atomic mass is 35.5. The Labute approximate surface area is 194 Å². The highest BCUT2D eigenvalue weighted by Gasteiger charge is 2.27. The van der Waals surface area contributed by atoms with Gasteiger partial charge in [-0.1, -0.05) is 49.7 Å². The number of hydrogen-bond donors (Lipinski definition) is 0. The van der Waals surface area contributed by atoms with E-state index in [-0.39, 0.29) is 11.3 Å². The van der Waals surface area contributed by atoms with Gasteiger partial charge < -0.3 is 14.2 Å². The first kappa shape index (κ1) is 22.4. The Hall–Kier alpha value is -2.79. The molecule has 0 N–H and O–H groups in total. The molecule has 1 aromatic heterocycles. The van der Waals surface area contributed by atoms with E-state index in [9.17, 15) is 4.79 Å². The van der Waals surface area contributed by atoms with E-state index in [0.717, 1.165) is 28.3 Å². The Morgan fingerprint density at radius 2 is 1.84 bits per heavy atom. The molecule has 0 fully saturated rings. The average Bonchev–Trinajstić information content (AvgIpc) is 3.20. The molecule has 3 aromatic rings. The predicted molar refractivity (Wildman–Crippen MR) is 126 cm³/mol. The second-order valence-corrected chi connectivity index (χ2v) is 9.67. The number of nitrogens with zero attached hydrogens (tertiary/aromatic N) is 2. The van der Waals surface area contributed by atoms with E-state index in [1.165, 1.54) is 5.56 Å². The van der Waals surface area contributed by atoms with Gasteiger partial charge in [0.1, 0.15) is 5.75 Å². The number of hydrogen-bond acceptors (Lipinski definition) is 4. The van der Waals surface area contributed by atoms with Gasteiger partial charge in [-0.2, -0.15) is 0 Å². The molecule has 168 valence electrons. The zero-order valence-electron chi connectivity index (χ0n) is 18.9. The predicted octanol–water partition coefficient (Wildman–Crippen LogP) is 6.04. The second kappa shape index (κ2) is 9.37. The van der Waals surface area contributed by atoms with Crippen molar-refractivity contribution in [2.45, 2.75) is 52.0 Å². The summed E-state index contributed by atoms with van der Waals surface area (Å²) in [7, 11) is 0. The van der Waals surface area contributed by atoms with Crippen molar-refractivity contribution in [3.05, 3.63) is 70.4 Å². The van der Waals surface area contributed by atoms with Crippen molar-refractivity contribution in [1.82, 2.24) is 10.1 Å². The summed E-state index contributed by atoms with van der Waals surface area (Å²) in [4.78, 5) is 14.7. The molecule has 1 aliphatic rings. The van der Waals surface area contributed by atoms with Crippen LogP contribution in [-0.2, 0) is 23.2 Å². The number of fused-ring (bicyclic) bond motifs is 1. The van der Waals surface area contributed by atoms with Crippen LogP contribution in [-0.4, -0.2) is 29.1 Å². The largest absolute Gasteiger partial charge is 0.494 e. The first-order valence-corrected chi connectivity index (χ1v) is 11.4. The third-order valence-corrected chi connectivity index (χ3v) is 6.07. The standard InChI is InChI=1S/C26H29ClN2O3/c1-26(2,3)19-8-12-21(13-9-19)31-16-4-5-24(30)29-15-14-23-22(17-29)25(32-28-23)18-6-10-20(27)11-7-18/h6-13H,4-5,14-17H2,1-3H3. The van der Waals surface area contributed by atoms with Crippen LogP contribution in [0.3, 0.4) is 0 Å². The van der Waals surface area contributed by atoms with Crippen molar-refractivity contribution in [3.63, 3.8) is 0 Å². The number of carbonyl (C=O) groups is 1. The van der Waals surface area contributed by atoms with Gasteiger partial charge in [-0.3, -0.25) is 4.79 Å². The minimum Gasteiger partial charge on any atom is -0.494 e. The SMILES string of the molecule is CC(C)(C)c1ccc(OCCCC(=O)N2CCc3noc(-c4ccc(Cl)cc4)c3C2)cc1. The molecule has 2 heterocycles. The lowest BCUT2D eigenvalue weighted by Gasteiger charge is -2.26. The van der Waals surface area contributed by atoms with Gasteiger partial charge in [-0.05, 0) is 53.8 Å². The molecule has 0 unspecified atom stereocenters. The molecular weight excluding hydrogens is 424 g/mol. The molecule has 0 aliphatic carbocycles. The topological polar surface area (TPSA) is 55.6 Å². The first-order valence-electron chi connectivity index (χ1n) is 11.1. The summed E-state index contributed by atoms with van der Waals surface area (Å²) in [6, 6.07) is 15.7. The summed E-state index contributed by atoms with van der Waals surface area (Å²) in [6.07, 6.45) is 1.84. The van der Waals surface area contributed by atoms with E-state index in [1.807, 2.05) is 41.3 Å². The van der Waals surface area contributed by atoms with Gasteiger partial charge in [-0.15, -0.1) is 0 Å². The van der Waals surface area contributed by atoms with Gasteiger partial charge in [0.05, 0.1) is 18.8 Å². The molecule has 1 amide bonds. The zero-order chi connectivity index (χ0) is 22.7. The quantitative estimate of drug-likeness (QED) is 0.428. The third-order valence-electron chi connectivity index (χ3n) is 5.82. The molecule has 2 aromatic carbocycles. The van der Waals surface area contributed by atoms with Crippen LogP contribution in [0.5, 0.6) is 5.75 Å². The van der Waals surface area contributed by atoms with Crippen LogP contribution < -0.4 is 4.74 Å². The molecule has 32 heavy (non-hydrogen) atoms. The van der Waals surface area contributed by atoms with Crippen LogP contribution in [0.4, 0.5) is 0 Å². The van der Waals surface area contributed by atoms with Crippen LogP contribution in [0, 0.1) is 0 Å². The van der Waals surface area contributed by atoms with Gasteiger partial charge in [0.2, 0.25) is 5.91 Å². The normalized spacial score (nSPS) is 13.7. The first-order chi connectivity index (χ1) is 15.3. The van der Waals surface area contributed by atoms with Gasteiger partial charge in [0.15, 0.2) is 5.76 Å². The average molecular weight is 453 g/mol. The molecule has 0 bridgehead atoms. The molecule has 0 radical (unpaired) electrons. The maximum absolute atomic E-state index is 12.8. The summed E-state index contributed by atoms with van der Waals surface area (Å²) in [5.41, 5.74) is 4.24. The summed E-state index contributed by atoms with van der Waals surface area (Å²) in [5.74, 6) is 1.69. The molecule has 0 spiro atoms. The zero-order valence-corrected chi connectivity index (χ0v) is 19.6. The number of carbonyl (C=O) groups excluding carboxylic acids is 1. The fourth-order valence-corrected chi connectivity index (χ4v) is 4.00. The van der Waals surface area contributed by atoms with Crippen molar-refractivity contribution in [1.29, 1.82) is 0 Å². The summed E-state index contributed by atoms with van der Waals surface area (Å²) in [6.45, 7) is 8.27. The number of benzene rings is 2. The fraction of sp³-hybridized carbons (Fsp3) is 0.385. The number of halogens is 1. The molecule has 0 atom stereocenters. The molecule has 6 heteroatoms. The Morgan fingerprint density at radius 3 is 2.53 bits per heavy atom. The molecule has 0 saturated heterocycles. The highest BCUT2D eigenvalue weighted by molar-refractivity contribution is 6.30. The minimum absolute atomic E-state index is 0.122.